The third-order valence-corrected chi connectivity index (χ3v) is 3.10. The van der Waals surface area contributed by atoms with Gasteiger partial charge in [-0.1, -0.05) is 24.9 Å². The fourth-order valence-corrected chi connectivity index (χ4v) is 2.37. The van der Waals surface area contributed by atoms with Gasteiger partial charge < -0.3 is 4.90 Å². The number of hydrogen-bond acceptors (Lipinski definition) is 2. The van der Waals surface area contributed by atoms with Crippen LogP contribution in [0, 0.1) is 0 Å². The van der Waals surface area contributed by atoms with Crippen LogP contribution in [-0.4, -0.2) is 24.0 Å². The molecule has 0 bridgehead atoms. The Labute approximate surface area is 115 Å². The van der Waals surface area contributed by atoms with Gasteiger partial charge in [-0.25, -0.2) is 4.98 Å². The average molecular weight is 326 g/mol. The third kappa shape index (κ3) is 4.11. The molecule has 1 aromatic heterocycles. The molecular weight excluding hydrogens is 311 g/mol. The molecule has 0 atom stereocenters. The lowest BCUT2D eigenvalue weighted by atomic mass is 10.3. The van der Waals surface area contributed by atoms with Crippen LogP contribution in [0.5, 0.6) is 0 Å². The lowest BCUT2D eigenvalue weighted by Crippen LogP contribution is -2.27. The van der Waals surface area contributed by atoms with E-state index >= 15 is 0 Å². The van der Waals surface area contributed by atoms with Crippen LogP contribution in [-0.2, 0) is 0 Å². The second-order valence-electron chi connectivity index (χ2n) is 3.49. The lowest BCUT2D eigenvalue weighted by Gasteiger charge is -2.23. The van der Waals surface area contributed by atoms with Crippen molar-refractivity contribution in [1.29, 1.82) is 0 Å². The predicted molar refractivity (Wildman–Crippen MR) is 74.8 cm³/mol. The summed E-state index contributed by atoms with van der Waals surface area (Å²) >= 11 is 15.3. The van der Waals surface area contributed by atoms with Crippen LogP contribution in [0.3, 0.4) is 0 Å². The third-order valence-electron chi connectivity index (χ3n) is 2.22. The summed E-state index contributed by atoms with van der Waals surface area (Å²) in [7, 11) is 0. The molecule has 0 aromatic carbocycles. The van der Waals surface area contributed by atoms with Gasteiger partial charge in [0.2, 0.25) is 0 Å². The second kappa shape index (κ2) is 7.36. The summed E-state index contributed by atoms with van der Waals surface area (Å²) in [5, 5.41) is 0.663. The number of anilines is 1. The van der Waals surface area contributed by atoms with Crippen molar-refractivity contribution in [2.24, 2.45) is 0 Å². The second-order valence-corrected chi connectivity index (χ2v) is 5.19. The fourth-order valence-electron chi connectivity index (χ4n) is 1.41. The summed E-state index contributed by atoms with van der Waals surface area (Å²) in [6.07, 6.45) is 4.02. The lowest BCUT2D eigenvalue weighted by molar-refractivity contribution is 0.725. The SMILES string of the molecule is CCCCN(CCCl)c1ncc(Br)cc1Cl. The predicted octanol–water partition coefficient (Wildman–Crippen LogP) is 4.34. The molecule has 16 heavy (non-hydrogen) atoms. The maximum absolute atomic E-state index is 6.16. The first-order valence-corrected chi connectivity index (χ1v) is 7.01. The molecule has 0 saturated carbocycles. The number of unbranched alkanes of at least 4 members (excludes halogenated alkanes) is 1. The van der Waals surface area contributed by atoms with Crippen molar-refractivity contribution in [3.8, 4) is 0 Å². The fraction of sp³-hybridized carbons (Fsp3) is 0.545. The molecule has 0 aliphatic rings. The van der Waals surface area contributed by atoms with Crippen molar-refractivity contribution in [2.75, 3.05) is 23.9 Å². The van der Waals surface area contributed by atoms with Gasteiger partial charge >= 0.3 is 0 Å². The molecule has 0 unspecified atom stereocenters. The zero-order valence-corrected chi connectivity index (χ0v) is 12.3. The number of alkyl halides is 1. The van der Waals surface area contributed by atoms with Crippen molar-refractivity contribution >= 4 is 44.9 Å². The minimum absolute atomic E-state index is 0.581. The Balaban J connectivity index is 2.82. The van der Waals surface area contributed by atoms with Gasteiger partial charge in [-0.05, 0) is 28.4 Å². The molecule has 1 aromatic rings. The maximum atomic E-state index is 6.16. The van der Waals surface area contributed by atoms with E-state index in [0.29, 0.717) is 10.9 Å². The van der Waals surface area contributed by atoms with Crippen molar-refractivity contribution in [3.05, 3.63) is 21.8 Å². The van der Waals surface area contributed by atoms with E-state index in [2.05, 4.69) is 32.7 Å². The molecule has 0 aliphatic carbocycles. The Hall–Kier alpha value is 0.01000. The highest BCUT2D eigenvalue weighted by molar-refractivity contribution is 9.10. The zero-order chi connectivity index (χ0) is 12.0. The summed E-state index contributed by atoms with van der Waals surface area (Å²) in [6, 6.07) is 1.86. The van der Waals surface area contributed by atoms with E-state index in [1.807, 2.05) is 6.07 Å². The minimum Gasteiger partial charge on any atom is -0.354 e. The van der Waals surface area contributed by atoms with Crippen LogP contribution in [0.4, 0.5) is 5.82 Å². The van der Waals surface area contributed by atoms with Gasteiger partial charge in [0.1, 0.15) is 5.82 Å². The Bertz CT molecular complexity index is 334. The smallest absolute Gasteiger partial charge is 0.147 e. The van der Waals surface area contributed by atoms with Gasteiger partial charge in [-0.15, -0.1) is 11.6 Å². The highest BCUT2D eigenvalue weighted by atomic mass is 79.9. The molecule has 0 aliphatic heterocycles. The molecular formula is C11H15BrCl2N2. The standard InChI is InChI=1S/C11H15BrCl2N2/c1-2-3-5-16(6-4-13)11-10(14)7-9(12)8-15-11/h7-8H,2-6H2,1H3. The first-order chi connectivity index (χ1) is 7.69. The Kier molecular flexibility index (Phi) is 6.47. The molecule has 2 nitrogen and oxygen atoms in total. The summed E-state index contributed by atoms with van der Waals surface area (Å²) in [4.78, 5) is 6.47. The minimum atomic E-state index is 0.581. The summed E-state index contributed by atoms with van der Waals surface area (Å²) < 4.78 is 0.891. The molecule has 0 spiro atoms. The number of pyridine rings is 1. The largest absolute Gasteiger partial charge is 0.354 e. The monoisotopic (exact) mass is 324 g/mol. The quantitative estimate of drug-likeness (QED) is 0.723. The summed E-state index contributed by atoms with van der Waals surface area (Å²) in [5.74, 6) is 1.40. The van der Waals surface area contributed by atoms with Gasteiger partial charge in [0.25, 0.3) is 0 Å². The molecule has 0 saturated heterocycles. The first kappa shape index (κ1) is 14.1. The normalized spacial score (nSPS) is 10.5. The van der Waals surface area contributed by atoms with Gasteiger partial charge in [-0.2, -0.15) is 0 Å². The number of halogens is 3. The van der Waals surface area contributed by atoms with E-state index in [-0.39, 0.29) is 0 Å². The number of aromatic nitrogens is 1. The molecule has 5 heteroatoms. The van der Waals surface area contributed by atoms with Crippen LogP contribution < -0.4 is 4.90 Å². The Morgan fingerprint density at radius 3 is 2.75 bits per heavy atom. The van der Waals surface area contributed by atoms with Gasteiger partial charge in [0.05, 0.1) is 5.02 Å². The van der Waals surface area contributed by atoms with E-state index in [1.54, 1.807) is 6.20 Å². The van der Waals surface area contributed by atoms with E-state index in [4.69, 9.17) is 23.2 Å². The van der Waals surface area contributed by atoms with Crippen molar-refractivity contribution in [1.82, 2.24) is 4.98 Å². The van der Waals surface area contributed by atoms with Crippen LogP contribution >= 0.6 is 39.1 Å². The van der Waals surface area contributed by atoms with Gasteiger partial charge in [-0.3, -0.25) is 0 Å². The zero-order valence-electron chi connectivity index (χ0n) is 9.22. The molecule has 1 rings (SSSR count). The van der Waals surface area contributed by atoms with Crippen molar-refractivity contribution in [3.63, 3.8) is 0 Å². The molecule has 0 amide bonds. The van der Waals surface area contributed by atoms with Crippen LogP contribution in [0.1, 0.15) is 19.8 Å². The molecule has 0 fully saturated rings. The van der Waals surface area contributed by atoms with E-state index in [9.17, 15) is 0 Å². The molecule has 0 radical (unpaired) electrons. The maximum Gasteiger partial charge on any atom is 0.147 e. The Morgan fingerprint density at radius 1 is 1.44 bits per heavy atom. The van der Waals surface area contributed by atoms with Crippen LogP contribution in [0.25, 0.3) is 0 Å². The number of hydrogen-bond donors (Lipinski definition) is 0. The first-order valence-electron chi connectivity index (χ1n) is 5.31. The number of rotatable bonds is 6. The Morgan fingerprint density at radius 2 is 2.19 bits per heavy atom. The summed E-state index contributed by atoms with van der Waals surface area (Å²) in [6.45, 7) is 3.88. The highest BCUT2D eigenvalue weighted by Crippen LogP contribution is 2.26. The highest BCUT2D eigenvalue weighted by Gasteiger charge is 2.11. The number of nitrogens with zero attached hydrogens (tertiary/aromatic N) is 2. The van der Waals surface area contributed by atoms with Crippen molar-refractivity contribution in [2.45, 2.75) is 19.8 Å². The summed E-state index contributed by atoms with van der Waals surface area (Å²) in [5.41, 5.74) is 0. The van der Waals surface area contributed by atoms with Crippen LogP contribution in [0.15, 0.2) is 16.7 Å². The molecule has 0 N–H and O–H groups in total. The van der Waals surface area contributed by atoms with E-state index in [0.717, 1.165) is 36.2 Å². The molecule has 1 heterocycles. The van der Waals surface area contributed by atoms with Crippen LogP contribution in [0.2, 0.25) is 5.02 Å². The van der Waals surface area contributed by atoms with Gasteiger partial charge in [0.15, 0.2) is 0 Å². The topological polar surface area (TPSA) is 16.1 Å². The van der Waals surface area contributed by atoms with E-state index < -0.39 is 0 Å². The molecule has 90 valence electrons. The van der Waals surface area contributed by atoms with E-state index in [1.165, 1.54) is 0 Å². The average Bonchev–Trinajstić information content (AvgIpc) is 2.25. The van der Waals surface area contributed by atoms with Crippen molar-refractivity contribution < 1.29 is 0 Å². The van der Waals surface area contributed by atoms with Gasteiger partial charge in [0, 0.05) is 29.6 Å².